The van der Waals surface area contributed by atoms with Crippen LogP contribution < -0.4 is 10.1 Å². The molecule has 3 nitrogen and oxygen atoms in total. The zero-order chi connectivity index (χ0) is 16.7. The SMILES string of the molecule is O=C(NCCCCOc1ccc(Cl)cc1)c1cc(F)ccc1Br. The number of benzene rings is 2. The van der Waals surface area contributed by atoms with Crippen molar-refractivity contribution in [1.82, 2.24) is 5.32 Å². The first kappa shape index (κ1) is 17.8. The summed E-state index contributed by atoms with van der Waals surface area (Å²) in [6, 6.07) is 11.2. The maximum atomic E-state index is 13.2. The Bertz CT molecular complexity index is 664. The fourth-order valence-corrected chi connectivity index (χ4v) is 2.47. The van der Waals surface area contributed by atoms with Crippen LogP contribution in [-0.4, -0.2) is 19.1 Å². The molecule has 0 radical (unpaired) electrons. The molecular weight excluding hydrogens is 385 g/mol. The summed E-state index contributed by atoms with van der Waals surface area (Å²) in [4.78, 5) is 12.0. The van der Waals surface area contributed by atoms with Crippen LogP contribution in [0.25, 0.3) is 0 Å². The molecular formula is C17H16BrClFNO2. The molecule has 0 heterocycles. The van der Waals surface area contributed by atoms with E-state index in [1.165, 1.54) is 18.2 Å². The Morgan fingerprint density at radius 3 is 2.65 bits per heavy atom. The van der Waals surface area contributed by atoms with Gasteiger partial charge in [0.1, 0.15) is 11.6 Å². The highest BCUT2D eigenvalue weighted by Crippen LogP contribution is 2.18. The van der Waals surface area contributed by atoms with Crippen LogP contribution in [0.2, 0.25) is 5.02 Å². The third kappa shape index (κ3) is 5.84. The fraction of sp³-hybridized carbons (Fsp3) is 0.235. The van der Waals surface area contributed by atoms with E-state index in [-0.39, 0.29) is 5.91 Å². The van der Waals surface area contributed by atoms with Gasteiger partial charge in [-0.15, -0.1) is 0 Å². The van der Waals surface area contributed by atoms with E-state index in [1.54, 1.807) is 12.1 Å². The molecule has 0 spiro atoms. The van der Waals surface area contributed by atoms with Crippen molar-refractivity contribution in [1.29, 1.82) is 0 Å². The van der Waals surface area contributed by atoms with Crippen molar-refractivity contribution < 1.29 is 13.9 Å². The standard InChI is InChI=1S/C17H16BrClFNO2/c18-16-8-5-13(20)11-15(16)17(22)21-9-1-2-10-23-14-6-3-12(19)4-7-14/h3-8,11H,1-2,9-10H2,(H,21,22). The van der Waals surface area contributed by atoms with Gasteiger partial charge in [-0.2, -0.15) is 0 Å². The molecule has 2 aromatic carbocycles. The number of amides is 1. The molecule has 6 heteroatoms. The van der Waals surface area contributed by atoms with E-state index in [1.807, 2.05) is 12.1 Å². The minimum Gasteiger partial charge on any atom is -0.494 e. The predicted molar refractivity (Wildman–Crippen MR) is 92.6 cm³/mol. The largest absolute Gasteiger partial charge is 0.494 e. The molecule has 0 aliphatic rings. The van der Waals surface area contributed by atoms with Gasteiger partial charge in [0.15, 0.2) is 0 Å². The van der Waals surface area contributed by atoms with E-state index in [9.17, 15) is 9.18 Å². The summed E-state index contributed by atoms with van der Waals surface area (Å²) in [7, 11) is 0. The maximum Gasteiger partial charge on any atom is 0.252 e. The zero-order valence-corrected chi connectivity index (χ0v) is 14.7. The summed E-state index contributed by atoms with van der Waals surface area (Å²) >= 11 is 9.03. The highest BCUT2D eigenvalue weighted by Gasteiger charge is 2.10. The molecule has 0 aliphatic carbocycles. The van der Waals surface area contributed by atoms with Crippen LogP contribution in [0.3, 0.4) is 0 Å². The minimum absolute atomic E-state index is 0.294. The van der Waals surface area contributed by atoms with Gasteiger partial charge in [-0.05, 0) is 71.2 Å². The number of unbranched alkanes of at least 4 members (excludes halogenated alkanes) is 1. The van der Waals surface area contributed by atoms with Gasteiger partial charge in [0.25, 0.3) is 5.91 Å². The van der Waals surface area contributed by atoms with Crippen molar-refractivity contribution in [2.45, 2.75) is 12.8 Å². The van der Waals surface area contributed by atoms with Crippen LogP contribution in [0.4, 0.5) is 4.39 Å². The van der Waals surface area contributed by atoms with Crippen LogP contribution in [0, 0.1) is 5.82 Å². The second-order valence-corrected chi connectivity index (χ2v) is 6.18. The molecule has 0 bridgehead atoms. The topological polar surface area (TPSA) is 38.3 Å². The lowest BCUT2D eigenvalue weighted by Gasteiger charge is -2.08. The molecule has 122 valence electrons. The Morgan fingerprint density at radius 2 is 1.91 bits per heavy atom. The zero-order valence-electron chi connectivity index (χ0n) is 12.3. The Labute approximate surface area is 147 Å². The van der Waals surface area contributed by atoms with E-state index >= 15 is 0 Å². The third-order valence-corrected chi connectivity index (χ3v) is 4.06. The van der Waals surface area contributed by atoms with Crippen molar-refractivity contribution in [3.8, 4) is 5.75 Å². The number of carbonyl (C=O) groups is 1. The Kier molecular flexibility index (Phi) is 6.86. The van der Waals surface area contributed by atoms with E-state index in [0.29, 0.717) is 28.2 Å². The van der Waals surface area contributed by atoms with E-state index in [4.69, 9.17) is 16.3 Å². The number of halogens is 3. The molecule has 0 aromatic heterocycles. The quantitative estimate of drug-likeness (QED) is 0.676. The van der Waals surface area contributed by atoms with Gasteiger partial charge in [-0.1, -0.05) is 11.6 Å². The molecule has 0 aliphatic heterocycles. The van der Waals surface area contributed by atoms with Crippen LogP contribution >= 0.6 is 27.5 Å². The maximum absolute atomic E-state index is 13.2. The summed E-state index contributed by atoms with van der Waals surface area (Å²) in [6.07, 6.45) is 1.57. The van der Waals surface area contributed by atoms with Gasteiger partial charge >= 0.3 is 0 Å². The smallest absolute Gasteiger partial charge is 0.252 e. The van der Waals surface area contributed by atoms with E-state index in [2.05, 4.69) is 21.2 Å². The third-order valence-electron chi connectivity index (χ3n) is 3.11. The summed E-state index contributed by atoms with van der Waals surface area (Å²) in [6.45, 7) is 1.06. The van der Waals surface area contributed by atoms with Crippen LogP contribution in [0.1, 0.15) is 23.2 Å². The summed E-state index contributed by atoms with van der Waals surface area (Å²) in [5.74, 6) is 0.0341. The second-order valence-electron chi connectivity index (χ2n) is 4.89. The van der Waals surface area contributed by atoms with Crippen LogP contribution in [0.5, 0.6) is 5.75 Å². The minimum atomic E-state index is -0.435. The van der Waals surface area contributed by atoms with Gasteiger partial charge in [0.05, 0.1) is 12.2 Å². The molecule has 0 fully saturated rings. The predicted octanol–water partition coefficient (Wildman–Crippen LogP) is 4.83. The Morgan fingerprint density at radius 1 is 1.17 bits per heavy atom. The number of ether oxygens (including phenoxy) is 1. The highest BCUT2D eigenvalue weighted by molar-refractivity contribution is 9.10. The van der Waals surface area contributed by atoms with Gasteiger partial charge in [0, 0.05) is 16.0 Å². The van der Waals surface area contributed by atoms with Crippen molar-refractivity contribution in [3.63, 3.8) is 0 Å². The molecule has 0 saturated carbocycles. The lowest BCUT2D eigenvalue weighted by Crippen LogP contribution is -2.25. The molecule has 2 aromatic rings. The molecule has 0 atom stereocenters. The molecule has 2 rings (SSSR count). The van der Waals surface area contributed by atoms with Crippen molar-refractivity contribution >= 4 is 33.4 Å². The Hall–Kier alpha value is -1.59. The number of nitrogens with one attached hydrogen (secondary N) is 1. The van der Waals surface area contributed by atoms with Gasteiger partial charge in [0.2, 0.25) is 0 Å². The average Bonchev–Trinajstić information content (AvgIpc) is 2.54. The first-order chi connectivity index (χ1) is 11.1. The lowest BCUT2D eigenvalue weighted by atomic mass is 10.2. The summed E-state index contributed by atoms with van der Waals surface area (Å²) in [5.41, 5.74) is 0.294. The Balaban J connectivity index is 1.66. The second kappa shape index (κ2) is 8.89. The lowest BCUT2D eigenvalue weighted by molar-refractivity contribution is 0.0951. The van der Waals surface area contributed by atoms with Crippen molar-refractivity contribution in [2.75, 3.05) is 13.2 Å². The van der Waals surface area contributed by atoms with Crippen LogP contribution in [0.15, 0.2) is 46.9 Å². The molecule has 1 N–H and O–H groups in total. The fourth-order valence-electron chi connectivity index (χ4n) is 1.92. The average molecular weight is 401 g/mol. The van der Waals surface area contributed by atoms with E-state index < -0.39 is 5.82 Å². The normalized spacial score (nSPS) is 10.4. The first-order valence-corrected chi connectivity index (χ1v) is 8.35. The number of hydrogen-bond acceptors (Lipinski definition) is 2. The van der Waals surface area contributed by atoms with Crippen molar-refractivity contribution in [2.24, 2.45) is 0 Å². The van der Waals surface area contributed by atoms with Crippen LogP contribution in [-0.2, 0) is 0 Å². The van der Waals surface area contributed by atoms with Gasteiger partial charge in [-0.25, -0.2) is 4.39 Å². The summed E-state index contributed by atoms with van der Waals surface area (Å²) in [5, 5.41) is 3.43. The monoisotopic (exact) mass is 399 g/mol. The number of hydrogen-bond donors (Lipinski definition) is 1. The van der Waals surface area contributed by atoms with Crippen molar-refractivity contribution in [3.05, 3.63) is 63.3 Å². The number of carbonyl (C=O) groups excluding carboxylic acids is 1. The number of rotatable bonds is 7. The van der Waals surface area contributed by atoms with E-state index in [0.717, 1.165) is 18.6 Å². The molecule has 0 saturated heterocycles. The first-order valence-electron chi connectivity index (χ1n) is 7.18. The highest BCUT2D eigenvalue weighted by atomic mass is 79.9. The molecule has 23 heavy (non-hydrogen) atoms. The molecule has 0 unspecified atom stereocenters. The van der Waals surface area contributed by atoms with Gasteiger partial charge < -0.3 is 10.1 Å². The van der Waals surface area contributed by atoms with Gasteiger partial charge in [-0.3, -0.25) is 4.79 Å². The molecule has 1 amide bonds. The summed E-state index contributed by atoms with van der Waals surface area (Å²) < 4.78 is 19.3.